The topological polar surface area (TPSA) is 111 Å². The van der Waals surface area contributed by atoms with Gasteiger partial charge in [0.25, 0.3) is 5.91 Å². The van der Waals surface area contributed by atoms with E-state index in [-0.39, 0.29) is 0 Å². The number of aryl methyl sites for hydroxylation is 1. The molecule has 4 aromatic rings. The highest BCUT2D eigenvalue weighted by Gasteiger charge is 2.25. The molecule has 0 saturated carbocycles. The van der Waals surface area contributed by atoms with E-state index < -0.39 is 5.91 Å². The number of H-pyrrole nitrogens is 1. The fourth-order valence-electron chi connectivity index (χ4n) is 3.64. The van der Waals surface area contributed by atoms with E-state index >= 15 is 0 Å². The molecular formula is C22H19N5O2. The Balaban J connectivity index is 1.56. The number of nitrogens with two attached hydrogens (primary N) is 2. The van der Waals surface area contributed by atoms with Crippen molar-refractivity contribution in [1.82, 2.24) is 14.6 Å². The third-order valence-corrected chi connectivity index (χ3v) is 5.03. The summed E-state index contributed by atoms with van der Waals surface area (Å²) in [6.45, 7) is 0. The highest BCUT2D eigenvalue weighted by atomic mass is 16.5. The molecule has 7 heteroatoms. The Labute approximate surface area is 166 Å². The van der Waals surface area contributed by atoms with Crippen molar-refractivity contribution in [3.63, 3.8) is 0 Å². The van der Waals surface area contributed by atoms with Crippen LogP contribution in [0.25, 0.3) is 23.0 Å². The maximum absolute atomic E-state index is 12.2. The Kier molecular flexibility index (Phi) is 3.87. The highest BCUT2D eigenvalue weighted by molar-refractivity contribution is 6.05. The molecule has 2 heterocycles. The monoisotopic (exact) mass is 385 g/mol. The Bertz CT molecular complexity index is 1250. The second kappa shape index (κ2) is 6.56. The third kappa shape index (κ3) is 2.93. The van der Waals surface area contributed by atoms with Crippen molar-refractivity contribution in [3.05, 3.63) is 77.2 Å². The van der Waals surface area contributed by atoms with Crippen LogP contribution in [0, 0.1) is 0 Å². The number of carbonyl (C=O) groups is 1. The van der Waals surface area contributed by atoms with Crippen molar-refractivity contribution < 1.29 is 9.53 Å². The number of allylic oxidation sites excluding steroid dienone is 1. The van der Waals surface area contributed by atoms with E-state index in [1.54, 1.807) is 4.52 Å². The van der Waals surface area contributed by atoms with Crippen molar-refractivity contribution in [3.8, 4) is 22.8 Å². The first-order chi connectivity index (χ1) is 14.1. The van der Waals surface area contributed by atoms with Crippen LogP contribution in [0.3, 0.4) is 0 Å². The fourth-order valence-corrected chi connectivity index (χ4v) is 3.64. The average molecular weight is 385 g/mol. The molecule has 1 aliphatic rings. The second-order valence-electron chi connectivity index (χ2n) is 7.00. The van der Waals surface area contributed by atoms with Crippen molar-refractivity contribution in [2.45, 2.75) is 12.8 Å². The van der Waals surface area contributed by atoms with E-state index in [9.17, 15) is 4.79 Å². The van der Waals surface area contributed by atoms with Crippen molar-refractivity contribution in [1.29, 1.82) is 0 Å². The minimum absolute atomic E-state index is 0.364. The number of imidazole rings is 1. The van der Waals surface area contributed by atoms with E-state index in [2.05, 4.69) is 10.1 Å². The van der Waals surface area contributed by atoms with Gasteiger partial charge in [-0.1, -0.05) is 18.2 Å². The summed E-state index contributed by atoms with van der Waals surface area (Å²) >= 11 is 0. The number of hydrogen-bond donors (Lipinski definition) is 3. The summed E-state index contributed by atoms with van der Waals surface area (Å²) in [5.74, 6) is 0.915. The van der Waals surface area contributed by atoms with Crippen LogP contribution in [0.1, 0.15) is 28.2 Å². The molecule has 0 spiro atoms. The third-order valence-electron chi connectivity index (χ3n) is 5.03. The molecular weight excluding hydrogens is 366 g/mol. The van der Waals surface area contributed by atoms with Gasteiger partial charge >= 0.3 is 0 Å². The number of rotatable bonds is 4. The number of nitrogens with one attached hydrogen (secondary N) is 1. The molecule has 2 aromatic carbocycles. The van der Waals surface area contributed by atoms with Gasteiger partial charge in [0.1, 0.15) is 28.4 Å². The van der Waals surface area contributed by atoms with Crippen LogP contribution >= 0.6 is 0 Å². The summed E-state index contributed by atoms with van der Waals surface area (Å²) in [7, 11) is 0. The van der Waals surface area contributed by atoms with Gasteiger partial charge in [-0.05, 0) is 55.3 Å². The molecule has 0 fully saturated rings. The zero-order valence-corrected chi connectivity index (χ0v) is 15.6. The predicted octanol–water partition coefficient (Wildman–Crippen LogP) is 3.47. The lowest BCUT2D eigenvalue weighted by Gasteiger charge is -2.09. The van der Waals surface area contributed by atoms with Gasteiger partial charge in [0, 0.05) is 17.0 Å². The van der Waals surface area contributed by atoms with Gasteiger partial charge in [0.05, 0.1) is 5.69 Å². The lowest BCUT2D eigenvalue weighted by molar-refractivity contribution is 0.100. The number of amides is 1. The number of primary amides is 1. The number of aromatic nitrogens is 3. The summed E-state index contributed by atoms with van der Waals surface area (Å²) in [5, 5.41) is 4.67. The van der Waals surface area contributed by atoms with Gasteiger partial charge in [-0.2, -0.15) is 5.10 Å². The number of nitrogens with zero attached hydrogens (tertiary/aromatic N) is 2. The SMILES string of the molecule is NC(=O)c1c(-c2ccc(Oc3ccccc3)cc2)nn2c3c([nH]c12)CCC(N)=C3. The minimum Gasteiger partial charge on any atom is -0.457 e. The summed E-state index contributed by atoms with van der Waals surface area (Å²) in [4.78, 5) is 15.5. The van der Waals surface area contributed by atoms with E-state index in [1.165, 1.54) is 0 Å². The largest absolute Gasteiger partial charge is 0.457 e. The van der Waals surface area contributed by atoms with E-state index in [1.807, 2.05) is 60.7 Å². The molecule has 2 aromatic heterocycles. The summed E-state index contributed by atoms with van der Waals surface area (Å²) in [6, 6.07) is 17.0. The molecule has 0 atom stereocenters. The molecule has 5 rings (SSSR count). The molecule has 0 saturated heterocycles. The number of carbonyl (C=O) groups excluding carboxylic acids is 1. The number of fused-ring (bicyclic) bond motifs is 3. The lowest BCUT2D eigenvalue weighted by Crippen LogP contribution is -2.12. The summed E-state index contributed by atoms with van der Waals surface area (Å²) < 4.78 is 7.55. The molecule has 1 amide bonds. The van der Waals surface area contributed by atoms with Gasteiger partial charge in [-0.15, -0.1) is 0 Å². The van der Waals surface area contributed by atoms with E-state index in [0.29, 0.717) is 22.7 Å². The summed E-state index contributed by atoms with van der Waals surface area (Å²) in [5.41, 5.74) is 16.6. The average Bonchev–Trinajstić information content (AvgIpc) is 3.25. The molecule has 7 nitrogen and oxygen atoms in total. The van der Waals surface area contributed by atoms with Gasteiger partial charge < -0.3 is 21.2 Å². The van der Waals surface area contributed by atoms with Gasteiger partial charge in [0.2, 0.25) is 0 Å². The minimum atomic E-state index is -0.532. The standard InChI is InChI=1S/C22H19N5O2/c23-14-8-11-17-18(12-14)27-22(25-17)19(21(24)28)20(26-27)13-6-9-16(10-7-13)29-15-4-2-1-3-5-15/h1-7,9-10,12,25H,8,11,23H2,(H2,24,28). The van der Waals surface area contributed by atoms with Crippen LogP contribution in [-0.4, -0.2) is 20.5 Å². The first-order valence-corrected chi connectivity index (χ1v) is 9.33. The van der Waals surface area contributed by atoms with Crippen LogP contribution in [0.4, 0.5) is 0 Å². The number of ether oxygens (including phenoxy) is 1. The molecule has 1 aliphatic carbocycles. The Morgan fingerprint density at radius 2 is 1.76 bits per heavy atom. The number of hydrogen-bond acceptors (Lipinski definition) is 4. The molecule has 0 bridgehead atoms. The number of benzene rings is 2. The molecule has 5 N–H and O–H groups in total. The van der Waals surface area contributed by atoms with Crippen LogP contribution in [0.15, 0.2) is 60.3 Å². The van der Waals surface area contributed by atoms with Gasteiger partial charge in [-0.3, -0.25) is 4.79 Å². The van der Waals surface area contributed by atoms with Crippen molar-refractivity contribution >= 4 is 17.6 Å². The zero-order valence-electron chi connectivity index (χ0n) is 15.6. The second-order valence-corrected chi connectivity index (χ2v) is 7.00. The normalized spacial score (nSPS) is 13.2. The van der Waals surface area contributed by atoms with E-state index in [0.717, 1.165) is 41.2 Å². The number of aromatic amines is 1. The Morgan fingerprint density at radius 3 is 2.48 bits per heavy atom. The first kappa shape index (κ1) is 17.1. The van der Waals surface area contributed by atoms with Crippen LogP contribution < -0.4 is 16.2 Å². The molecule has 0 aliphatic heterocycles. The fraction of sp³-hybridized carbons (Fsp3) is 0.0909. The van der Waals surface area contributed by atoms with Gasteiger partial charge in [0.15, 0.2) is 0 Å². The van der Waals surface area contributed by atoms with Crippen LogP contribution in [0.2, 0.25) is 0 Å². The molecule has 29 heavy (non-hydrogen) atoms. The number of para-hydroxylation sites is 1. The van der Waals surface area contributed by atoms with Crippen molar-refractivity contribution in [2.75, 3.05) is 0 Å². The Hall–Kier alpha value is -4.00. The quantitative estimate of drug-likeness (QED) is 0.499. The molecule has 0 radical (unpaired) electrons. The Morgan fingerprint density at radius 1 is 1.03 bits per heavy atom. The van der Waals surface area contributed by atoms with Gasteiger partial charge in [-0.25, -0.2) is 4.52 Å². The highest BCUT2D eigenvalue weighted by Crippen LogP contribution is 2.31. The molecule has 144 valence electrons. The van der Waals surface area contributed by atoms with Crippen LogP contribution in [0.5, 0.6) is 11.5 Å². The maximum atomic E-state index is 12.2. The maximum Gasteiger partial charge on any atom is 0.254 e. The lowest BCUT2D eigenvalue weighted by atomic mass is 10.1. The summed E-state index contributed by atoms with van der Waals surface area (Å²) in [6.07, 6.45) is 3.44. The van der Waals surface area contributed by atoms with Crippen molar-refractivity contribution in [2.24, 2.45) is 11.5 Å². The zero-order chi connectivity index (χ0) is 20.0. The first-order valence-electron chi connectivity index (χ1n) is 9.33. The van der Waals surface area contributed by atoms with E-state index in [4.69, 9.17) is 16.2 Å². The molecule has 0 unspecified atom stereocenters. The predicted molar refractivity (Wildman–Crippen MR) is 110 cm³/mol. The smallest absolute Gasteiger partial charge is 0.254 e. The van der Waals surface area contributed by atoms with Crippen LogP contribution in [-0.2, 0) is 6.42 Å².